The lowest BCUT2D eigenvalue weighted by atomic mass is 10.0. The number of rotatable bonds is 7. The van der Waals surface area contributed by atoms with E-state index >= 15 is 0 Å². The van der Waals surface area contributed by atoms with Crippen molar-refractivity contribution < 1.29 is 28.6 Å². The molecule has 11 nitrogen and oxygen atoms in total. The van der Waals surface area contributed by atoms with Crippen LogP contribution in [0.5, 0.6) is 17.4 Å². The van der Waals surface area contributed by atoms with Crippen LogP contribution in [0.15, 0.2) is 49.2 Å². The lowest BCUT2D eigenvalue weighted by molar-refractivity contribution is 0.0780. The summed E-state index contributed by atoms with van der Waals surface area (Å²) in [5.41, 5.74) is 0.708. The van der Waals surface area contributed by atoms with Crippen molar-refractivity contribution in [2.45, 2.75) is 25.6 Å². The summed E-state index contributed by atoms with van der Waals surface area (Å²) in [7, 11) is 0. The number of aromatic nitrogens is 4. The molecule has 35 heavy (non-hydrogen) atoms. The van der Waals surface area contributed by atoms with Crippen molar-refractivity contribution in [3.05, 3.63) is 54.7 Å². The second-order valence-electron chi connectivity index (χ2n) is 7.74. The highest BCUT2D eigenvalue weighted by atomic mass is 19.1. The maximum absolute atomic E-state index is 13.9. The number of nitrogens with zero attached hydrogens (tertiary/aromatic N) is 5. The fourth-order valence-electron chi connectivity index (χ4n) is 3.59. The van der Waals surface area contributed by atoms with Gasteiger partial charge in [0.05, 0.1) is 24.9 Å². The maximum Gasteiger partial charge on any atom is 0.407 e. The third-order valence-electron chi connectivity index (χ3n) is 5.14. The molecule has 3 aromatic heterocycles. The number of pyridine rings is 2. The Labute approximate surface area is 200 Å². The quantitative estimate of drug-likeness (QED) is 0.520. The predicted octanol–water partition coefficient (Wildman–Crippen LogP) is 2.94. The van der Waals surface area contributed by atoms with Crippen LogP contribution in [-0.4, -0.2) is 73.9 Å². The first-order chi connectivity index (χ1) is 16.9. The molecule has 0 spiro atoms. The van der Waals surface area contributed by atoms with Crippen LogP contribution in [0.25, 0.3) is 11.4 Å². The number of ether oxygens (including phenoxy) is 2. The Kier molecular flexibility index (Phi) is 7.29. The highest BCUT2D eigenvalue weighted by Crippen LogP contribution is 2.30. The number of halogens is 1. The van der Waals surface area contributed by atoms with Crippen molar-refractivity contribution in [3.63, 3.8) is 0 Å². The molecule has 2 atom stereocenters. The van der Waals surface area contributed by atoms with E-state index in [0.717, 1.165) is 4.90 Å². The van der Waals surface area contributed by atoms with Crippen LogP contribution in [0.1, 0.15) is 23.7 Å². The molecule has 1 aliphatic rings. The molecule has 4 rings (SSSR count). The van der Waals surface area contributed by atoms with Crippen molar-refractivity contribution in [2.75, 3.05) is 19.7 Å². The molecule has 2 amide bonds. The Balaban J connectivity index is 1.43. The Morgan fingerprint density at radius 2 is 2.00 bits per heavy atom. The maximum atomic E-state index is 13.9. The van der Waals surface area contributed by atoms with Gasteiger partial charge in [0.25, 0.3) is 11.8 Å². The summed E-state index contributed by atoms with van der Waals surface area (Å²) < 4.78 is 25.2. The zero-order valence-corrected chi connectivity index (χ0v) is 18.8. The monoisotopic (exact) mass is 482 g/mol. The summed E-state index contributed by atoms with van der Waals surface area (Å²) in [5.74, 6) is 0.976. The topological polar surface area (TPSA) is 140 Å². The number of carboxylic acid groups (broad SMARTS) is 1. The molecule has 3 aromatic rings. The average Bonchev–Trinajstić information content (AvgIpc) is 2.85. The number of hydrogen-bond donors (Lipinski definition) is 2. The van der Waals surface area contributed by atoms with Gasteiger partial charge >= 0.3 is 6.09 Å². The van der Waals surface area contributed by atoms with E-state index < -0.39 is 24.2 Å². The summed E-state index contributed by atoms with van der Waals surface area (Å²) in [4.78, 5) is 41.4. The van der Waals surface area contributed by atoms with Crippen LogP contribution in [0, 0.1) is 0 Å². The molecule has 0 radical (unpaired) electrons. The van der Waals surface area contributed by atoms with Gasteiger partial charge in [0.15, 0.2) is 11.6 Å². The van der Waals surface area contributed by atoms with Crippen molar-refractivity contribution in [1.82, 2.24) is 30.2 Å². The number of piperidine rings is 1. The number of hydrogen-bond acceptors (Lipinski definition) is 8. The molecule has 1 saturated heterocycles. The minimum Gasteiger partial charge on any atom is -0.488 e. The standard InChI is InChI=1S/C23H23FN6O5/c1-2-34-19-4-3-5-26-22(19)35-18-6-14(8-25-11-18)20-27-9-15(10-28-20)21(31)29-17-7-16(24)12-30(13-17)23(32)33/h3-6,8-11,16-17H,2,7,12-13H2,1H3,(H,29,31)(H,32,33)/t16?,17-/m0/s1. The van der Waals surface area contributed by atoms with Crippen LogP contribution in [0.4, 0.5) is 9.18 Å². The smallest absolute Gasteiger partial charge is 0.407 e. The molecule has 0 saturated carbocycles. The number of amides is 2. The molecule has 1 fully saturated rings. The molecule has 0 aliphatic carbocycles. The van der Waals surface area contributed by atoms with Crippen LogP contribution in [0.3, 0.4) is 0 Å². The summed E-state index contributed by atoms with van der Waals surface area (Å²) in [6, 6.07) is 4.52. The zero-order chi connectivity index (χ0) is 24.8. The summed E-state index contributed by atoms with van der Waals surface area (Å²) >= 11 is 0. The number of likely N-dealkylation sites (tertiary alicyclic amines) is 1. The van der Waals surface area contributed by atoms with E-state index in [-0.39, 0.29) is 25.1 Å². The molecule has 12 heteroatoms. The molecule has 0 aromatic carbocycles. The number of nitrogens with one attached hydrogen (secondary N) is 1. The Morgan fingerprint density at radius 1 is 1.20 bits per heavy atom. The van der Waals surface area contributed by atoms with Gasteiger partial charge in [0.1, 0.15) is 11.9 Å². The van der Waals surface area contributed by atoms with Gasteiger partial charge in [-0.05, 0) is 25.1 Å². The fraction of sp³-hybridized carbons (Fsp3) is 0.304. The Hall–Kier alpha value is -4.35. The van der Waals surface area contributed by atoms with Gasteiger partial charge in [-0.1, -0.05) is 0 Å². The Bertz CT molecular complexity index is 1200. The van der Waals surface area contributed by atoms with E-state index in [4.69, 9.17) is 14.6 Å². The third kappa shape index (κ3) is 5.96. The van der Waals surface area contributed by atoms with Gasteiger partial charge in [-0.2, -0.15) is 0 Å². The van der Waals surface area contributed by atoms with Crippen molar-refractivity contribution in [3.8, 4) is 28.8 Å². The highest BCUT2D eigenvalue weighted by molar-refractivity contribution is 5.94. The van der Waals surface area contributed by atoms with Gasteiger partial charge < -0.3 is 24.8 Å². The van der Waals surface area contributed by atoms with Crippen LogP contribution in [-0.2, 0) is 0 Å². The van der Waals surface area contributed by atoms with Crippen molar-refractivity contribution in [1.29, 1.82) is 0 Å². The number of carbonyl (C=O) groups excluding carboxylic acids is 1. The van der Waals surface area contributed by atoms with Gasteiger partial charge in [0, 0.05) is 49.4 Å². The number of carbonyl (C=O) groups is 2. The van der Waals surface area contributed by atoms with E-state index in [1.165, 1.54) is 18.6 Å². The molecule has 4 heterocycles. The second-order valence-corrected chi connectivity index (χ2v) is 7.74. The van der Waals surface area contributed by atoms with E-state index in [1.807, 2.05) is 6.92 Å². The van der Waals surface area contributed by atoms with Gasteiger partial charge in [0.2, 0.25) is 0 Å². The molecule has 1 unspecified atom stereocenters. The molecule has 2 N–H and O–H groups in total. The van der Waals surface area contributed by atoms with E-state index in [9.17, 15) is 14.0 Å². The van der Waals surface area contributed by atoms with E-state index in [0.29, 0.717) is 35.4 Å². The first-order valence-electron chi connectivity index (χ1n) is 10.9. The van der Waals surface area contributed by atoms with E-state index in [1.54, 1.807) is 30.6 Å². The molecular weight excluding hydrogens is 459 g/mol. The largest absolute Gasteiger partial charge is 0.488 e. The van der Waals surface area contributed by atoms with Gasteiger partial charge in [-0.3, -0.25) is 9.78 Å². The SMILES string of the molecule is CCOc1cccnc1Oc1cncc(-c2ncc(C(=O)N[C@H]3CC(F)CN(C(=O)O)C3)cn2)c1. The molecule has 1 aliphatic heterocycles. The molecule has 0 bridgehead atoms. The highest BCUT2D eigenvalue weighted by Gasteiger charge is 2.31. The molecule has 182 valence electrons. The second kappa shape index (κ2) is 10.7. The van der Waals surface area contributed by atoms with Crippen molar-refractivity contribution in [2.24, 2.45) is 0 Å². The third-order valence-corrected chi connectivity index (χ3v) is 5.14. The normalized spacial score (nSPS) is 17.5. The first kappa shape index (κ1) is 23.8. The lowest BCUT2D eigenvalue weighted by Gasteiger charge is -2.33. The summed E-state index contributed by atoms with van der Waals surface area (Å²) in [6.07, 6.45) is 4.78. The minimum absolute atomic E-state index is 0.0141. The average molecular weight is 482 g/mol. The van der Waals surface area contributed by atoms with Crippen molar-refractivity contribution >= 4 is 12.0 Å². The first-order valence-corrected chi connectivity index (χ1v) is 10.9. The van der Waals surface area contributed by atoms with Crippen LogP contribution >= 0.6 is 0 Å². The van der Waals surface area contributed by atoms with Crippen LogP contribution in [0.2, 0.25) is 0 Å². The predicted molar refractivity (Wildman–Crippen MR) is 121 cm³/mol. The molecular formula is C23H23FN6O5. The lowest BCUT2D eigenvalue weighted by Crippen LogP contribution is -2.53. The van der Waals surface area contributed by atoms with Gasteiger partial charge in [-0.15, -0.1) is 0 Å². The number of alkyl halides is 1. The van der Waals surface area contributed by atoms with Gasteiger partial charge in [-0.25, -0.2) is 24.1 Å². The van der Waals surface area contributed by atoms with E-state index in [2.05, 4.69) is 25.3 Å². The van der Waals surface area contributed by atoms with Crippen LogP contribution < -0.4 is 14.8 Å². The zero-order valence-electron chi connectivity index (χ0n) is 18.8. The minimum atomic E-state index is -1.35. The summed E-state index contributed by atoms with van der Waals surface area (Å²) in [6.45, 7) is 2.13. The summed E-state index contributed by atoms with van der Waals surface area (Å²) in [5, 5.41) is 11.8. The fourth-order valence-corrected chi connectivity index (χ4v) is 3.59. The Morgan fingerprint density at radius 3 is 2.74 bits per heavy atom.